The third-order valence-electron chi connectivity index (χ3n) is 4.94. The van der Waals surface area contributed by atoms with Crippen LogP contribution in [0.15, 0.2) is 24.3 Å². The van der Waals surface area contributed by atoms with E-state index in [1.165, 1.54) is 17.7 Å². The van der Waals surface area contributed by atoms with E-state index in [-0.39, 0.29) is 17.9 Å². The number of anilines is 1. The van der Waals surface area contributed by atoms with Crippen LogP contribution in [0.2, 0.25) is 0 Å². The summed E-state index contributed by atoms with van der Waals surface area (Å²) in [7, 11) is 2.12. The summed E-state index contributed by atoms with van der Waals surface area (Å²) in [4.78, 5) is 27.9. The summed E-state index contributed by atoms with van der Waals surface area (Å²) in [6, 6.07) is 6.31. The molecule has 1 fully saturated rings. The summed E-state index contributed by atoms with van der Waals surface area (Å²) in [6.07, 6.45) is 7.26. The molecule has 3 rings (SSSR count). The summed E-state index contributed by atoms with van der Waals surface area (Å²) in [6.45, 7) is 4.43. The summed E-state index contributed by atoms with van der Waals surface area (Å²) in [5.74, 6) is 0.0738. The van der Waals surface area contributed by atoms with Crippen LogP contribution < -0.4 is 10.2 Å². The van der Waals surface area contributed by atoms with Crippen molar-refractivity contribution in [1.29, 1.82) is 0 Å². The fourth-order valence-electron chi connectivity index (χ4n) is 3.65. The molecule has 1 aromatic rings. The van der Waals surface area contributed by atoms with E-state index in [0.29, 0.717) is 13.0 Å². The summed E-state index contributed by atoms with van der Waals surface area (Å²) in [5, 5.41) is 2.94. The van der Waals surface area contributed by atoms with Gasteiger partial charge in [-0.05, 0) is 55.5 Å². The van der Waals surface area contributed by atoms with Gasteiger partial charge in [0, 0.05) is 50.9 Å². The van der Waals surface area contributed by atoms with Crippen LogP contribution in [0, 0.1) is 0 Å². The van der Waals surface area contributed by atoms with Crippen molar-refractivity contribution in [3.8, 4) is 0 Å². The molecule has 1 N–H and O–H groups in total. The van der Waals surface area contributed by atoms with Gasteiger partial charge in [-0.25, -0.2) is 0 Å². The van der Waals surface area contributed by atoms with Gasteiger partial charge in [-0.15, -0.1) is 0 Å². The minimum Gasteiger partial charge on any atom is -0.374 e. The molecule has 0 aromatic heterocycles. The average molecular weight is 341 g/mol. The van der Waals surface area contributed by atoms with Crippen LogP contribution in [0.4, 0.5) is 5.69 Å². The van der Waals surface area contributed by atoms with E-state index in [9.17, 15) is 9.59 Å². The molecule has 5 heteroatoms. The molecule has 5 nitrogen and oxygen atoms in total. The van der Waals surface area contributed by atoms with Crippen molar-refractivity contribution in [2.45, 2.75) is 38.6 Å². The second kappa shape index (κ2) is 7.72. The van der Waals surface area contributed by atoms with Crippen molar-refractivity contribution >= 4 is 23.6 Å². The van der Waals surface area contributed by atoms with Gasteiger partial charge in [-0.3, -0.25) is 9.59 Å². The lowest BCUT2D eigenvalue weighted by molar-refractivity contribution is -0.128. The van der Waals surface area contributed by atoms with Crippen molar-refractivity contribution in [2.24, 2.45) is 0 Å². The Bertz CT molecular complexity index is 684. The third kappa shape index (κ3) is 4.41. The van der Waals surface area contributed by atoms with Crippen LogP contribution in [-0.2, 0) is 16.0 Å². The molecule has 2 amide bonds. The van der Waals surface area contributed by atoms with E-state index in [0.717, 1.165) is 31.5 Å². The molecular formula is C20H27N3O2. The molecule has 1 unspecified atom stereocenters. The Balaban J connectivity index is 1.54. The molecule has 0 saturated carbocycles. The number of rotatable bonds is 5. The zero-order chi connectivity index (χ0) is 17.8. The van der Waals surface area contributed by atoms with E-state index in [1.54, 1.807) is 6.08 Å². The molecule has 2 aliphatic heterocycles. The van der Waals surface area contributed by atoms with Crippen LogP contribution in [0.1, 0.15) is 37.3 Å². The maximum absolute atomic E-state index is 12.1. The Labute approximate surface area is 149 Å². The van der Waals surface area contributed by atoms with E-state index in [4.69, 9.17) is 0 Å². The van der Waals surface area contributed by atoms with E-state index in [1.807, 2.05) is 17.9 Å². The number of benzene rings is 1. The molecule has 0 spiro atoms. The lowest BCUT2D eigenvalue weighted by atomic mass is 9.99. The first-order valence-electron chi connectivity index (χ1n) is 9.13. The minimum absolute atomic E-state index is 0.0450. The van der Waals surface area contributed by atoms with E-state index >= 15 is 0 Å². The lowest BCUT2D eigenvalue weighted by Gasteiger charge is -2.27. The highest BCUT2D eigenvalue weighted by Crippen LogP contribution is 2.27. The first-order valence-corrected chi connectivity index (χ1v) is 9.13. The smallest absolute Gasteiger partial charge is 0.244 e. The minimum atomic E-state index is -0.117. The monoisotopic (exact) mass is 341 g/mol. The highest BCUT2D eigenvalue weighted by Gasteiger charge is 2.22. The molecule has 134 valence electrons. The molecule has 0 radical (unpaired) electrons. The van der Waals surface area contributed by atoms with Gasteiger partial charge in [-0.2, -0.15) is 0 Å². The molecule has 1 atom stereocenters. The summed E-state index contributed by atoms with van der Waals surface area (Å²) >= 11 is 0. The number of fused-ring (bicyclic) bond motifs is 1. The van der Waals surface area contributed by atoms with Crippen molar-refractivity contribution in [1.82, 2.24) is 10.2 Å². The SMILES string of the molecule is CC(CN1CCCC1=O)NC(=O)/C=C/c1ccc2c(c1)CCCN2C. The molecular weight excluding hydrogens is 314 g/mol. The molecule has 25 heavy (non-hydrogen) atoms. The average Bonchev–Trinajstić information content (AvgIpc) is 2.98. The summed E-state index contributed by atoms with van der Waals surface area (Å²) < 4.78 is 0. The maximum atomic E-state index is 12.1. The Morgan fingerprint density at radius 1 is 1.28 bits per heavy atom. The molecule has 0 bridgehead atoms. The quantitative estimate of drug-likeness (QED) is 0.836. The van der Waals surface area contributed by atoms with Gasteiger partial charge in [-0.1, -0.05) is 6.07 Å². The van der Waals surface area contributed by atoms with Crippen molar-refractivity contribution in [3.63, 3.8) is 0 Å². The number of likely N-dealkylation sites (tertiary alicyclic amines) is 1. The van der Waals surface area contributed by atoms with Crippen molar-refractivity contribution in [3.05, 3.63) is 35.4 Å². The van der Waals surface area contributed by atoms with Crippen molar-refractivity contribution < 1.29 is 9.59 Å². The normalized spacial score (nSPS) is 18.6. The molecule has 1 aromatic carbocycles. The maximum Gasteiger partial charge on any atom is 0.244 e. The Morgan fingerprint density at radius 3 is 2.84 bits per heavy atom. The van der Waals surface area contributed by atoms with Crippen molar-refractivity contribution in [2.75, 3.05) is 31.6 Å². The fourth-order valence-corrected chi connectivity index (χ4v) is 3.65. The van der Waals surface area contributed by atoms with Crippen LogP contribution >= 0.6 is 0 Å². The Kier molecular flexibility index (Phi) is 5.41. The topological polar surface area (TPSA) is 52.7 Å². The van der Waals surface area contributed by atoms with Crippen LogP contribution in [0.3, 0.4) is 0 Å². The van der Waals surface area contributed by atoms with Crippen LogP contribution in [0.25, 0.3) is 6.08 Å². The predicted octanol–water partition coefficient (Wildman–Crippen LogP) is 2.21. The number of aryl methyl sites for hydroxylation is 1. The van der Waals surface area contributed by atoms with Gasteiger partial charge in [0.2, 0.25) is 11.8 Å². The Hall–Kier alpha value is -2.30. The number of hydrogen-bond acceptors (Lipinski definition) is 3. The highest BCUT2D eigenvalue weighted by molar-refractivity contribution is 5.92. The Morgan fingerprint density at radius 2 is 2.08 bits per heavy atom. The predicted molar refractivity (Wildman–Crippen MR) is 100 cm³/mol. The fraction of sp³-hybridized carbons (Fsp3) is 0.500. The zero-order valence-electron chi connectivity index (χ0n) is 15.1. The molecule has 2 heterocycles. The zero-order valence-corrected chi connectivity index (χ0v) is 15.1. The van der Waals surface area contributed by atoms with Gasteiger partial charge >= 0.3 is 0 Å². The number of nitrogens with one attached hydrogen (secondary N) is 1. The number of carbonyl (C=O) groups is 2. The second-order valence-corrected chi connectivity index (χ2v) is 7.10. The van der Waals surface area contributed by atoms with Crippen LogP contribution in [0.5, 0.6) is 0 Å². The summed E-state index contributed by atoms with van der Waals surface area (Å²) in [5.41, 5.74) is 3.68. The number of hydrogen-bond donors (Lipinski definition) is 1. The standard InChI is InChI=1S/C20H27N3O2/c1-15(14-23-12-4-6-20(23)25)21-19(24)10-8-16-7-9-18-17(13-16)5-3-11-22(18)2/h7-10,13,15H,3-6,11-12,14H2,1-2H3,(H,21,24)/b10-8+. The second-order valence-electron chi connectivity index (χ2n) is 7.10. The van der Waals surface area contributed by atoms with E-state index in [2.05, 4.69) is 35.5 Å². The third-order valence-corrected chi connectivity index (χ3v) is 4.94. The molecule has 1 saturated heterocycles. The van der Waals surface area contributed by atoms with Gasteiger partial charge in [0.15, 0.2) is 0 Å². The first-order chi connectivity index (χ1) is 12.0. The van der Waals surface area contributed by atoms with Gasteiger partial charge in [0.25, 0.3) is 0 Å². The molecule has 0 aliphatic carbocycles. The van der Waals surface area contributed by atoms with Crippen LogP contribution in [-0.4, -0.2) is 49.4 Å². The largest absolute Gasteiger partial charge is 0.374 e. The van der Waals surface area contributed by atoms with Gasteiger partial charge in [0.05, 0.1) is 0 Å². The number of nitrogens with zero attached hydrogens (tertiary/aromatic N) is 2. The highest BCUT2D eigenvalue weighted by atomic mass is 16.2. The number of amides is 2. The van der Waals surface area contributed by atoms with Gasteiger partial charge in [0.1, 0.15) is 0 Å². The lowest BCUT2D eigenvalue weighted by Crippen LogP contribution is -2.41. The van der Waals surface area contributed by atoms with Gasteiger partial charge < -0.3 is 15.1 Å². The first kappa shape index (κ1) is 17.5. The molecule has 2 aliphatic rings. The van der Waals surface area contributed by atoms with E-state index < -0.39 is 0 Å². The number of carbonyl (C=O) groups excluding carboxylic acids is 2.